The maximum Gasteiger partial charge on any atom is 0.373 e. The van der Waals surface area contributed by atoms with Crippen LogP contribution in [0.4, 0.5) is 0 Å². The average Bonchev–Trinajstić information content (AvgIpc) is 2.15. The van der Waals surface area contributed by atoms with Gasteiger partial charge in [-0.25, -0.2) is 0 Å². The van der Waals surface area contributed by atoms with Crippen LogP contribution in [0.5, 0.6) is 0 Å². The summed E-state index contributed by atoms with van der Waals surface area (Å²) in [6.45, 7) is 3.53. The first-order chi connectivity index (χ1) is 6.22. The molecule has 0 amide bonds. The Morgan fingerprint density at radius 3 is 2.77 bits per heavy atom. The fourth-order valence-corrected chi connectivity index (χ4v) is 2.14. The summed E-state index contributed by atoms with van der Waals surface area (Å²) in [4.78, 5) is 0. The molecule has 1 rings (SSSR count). The number of nitrogens with one attached hydrogen (secondary N) is 1. The molecule has 0 bridgehead atoms. The molecular weight excluding hydrogens is 163 g/mol. The third-order valence-corrected chi connectivity index (χ3v) is 2.93. The van der Waals surface area contributed by atoms with Crippen LogP contribution >= 0.6 is 0 Å². The molecule has 0 unspecified atom stereocenters. The first-order valence-corrected chi connectivity index (χ1v) is 5.34. The molecule has 4 N–H and O–H groups in total. The van der Waals surface area contributed by atoms with E-state index in [0.29, 0.717) is 0 Å². The molecule has 76 valence electrons. The lowest BCUT2D eigenvalue weighted by Gasteiger charge is -2.28. The quantitative estimate of drug-likeness (QED) is 0.556. The normalized spacial score (nSPS) is 28.8. The molecular formula is C9H21BN2O. The predicted molar refractivity (Wildman–Crippen MR) is 56.3 cm³/mol. The van der Waals surface area contributed by atoms with Crippen LogP contribution in [0.25, 0.3) is 0 Å². The van der Waals surface area contributed by atoms with Gasteiger partial charge in [-0.05, 0) is 51.0 Å². The van der Waals surface area contributed by atoms with E-state index in [0.717, 1.165) is 24.9 Å². The summed E-state index contributed by atoms with van der Waals surface area (Å²) in [5, 5.41) is 12.1. The largest absolute Gasteiger partial charge is 0.437 e. The Bertz CT molecular complexity index is 144. The molecule has 0 heterocycles. The lowest BCUT2D eigenvalue weighted by molar-refractivity contribution is 0.270. The standard InChI is InChI=1S/C9H21BN2O/c1-10(13)12-7-9-4-2-3-8(5-9)6-11/h8-9,12-13H,2-7,11H2,1H3/t8-,9+/m1/s1. The summed E-state index contributed by atoms with van der Waals surface area (Å²) in [5.74, 6) is 1.44. The van der Waals surface area contributed by atoms with Crippen molar-refractivity contribution in [3.8, 4) is 0 Å². The van der Waals surface area contributed by atoms with Gasteiger partial charge in [0.05, 0.1) is 0 Å². The Balaban J connectivity index is 2.18. The lowest BCUT2D eigenvalue weighted by Crippen LogP contribution is -2.37. The second-order valence-electron chi connectivity index (χ2n) is 4.22. The van der Waals surface area contributed by atoms with Crippen molar-refractivity contribution in [3.05, 3.63) is 0 Å². The van der Waals surface area contributed by atoms with Crippen LogP contribution in [0.1, 0.15) is 25.7 Å². The van der Waals surface area contributed by atoms with Gasteiger partial charge in [0.2, 0.25) is 0 Å². The molecule has 1 aliphatic carbocycles. The second kappa shape index (κ2) is 5.63. The van der Waals surface area contributed by atoms with Crippen LogP contribution in [-0.4, -0.2) is 25.2 Å². The summed E-state index contributed by atoms with van der Waals surface area (Å²) in [7, 11) is -0.377. The van der Waals surface area contributed by atoms with Crippen molar-refractivity contribution in [2.75, 3.05) is 13.1 Å². The topological polar surface area (TPSA) is 58.3 Å². The molecule has 0 aliphatic heterocycles. The van der Waals surface area contributed by atoms with Crippen molar-refractivity contribution < 1.29 is 5.02 Å². The van der Waals surface area contributed by atoms with Crippen LogP contribution < -0.4 is 11.0 Å². The van der Waals surface area contributed by atoms with Gasteiger partial charge in [-0.1, -0.05) is 6.42 Å². The Kier molecular flexibility index (Phi) is 4.77. The zero-order chi connectivity index (χ0) is 9.68. The molecule has 1 fully saturated rings. The van der Waals surface area contributed by atoms with E-state index in [-0.39, 0.29) is 7.05 Å². The molecule has 0 spiro atoms. The third-order valence-electron chi connectivity index (χ3n) is 2.93. The summed E-state index contributed by atoms with van der Waals surface area (Å²) in [6, 6.07) is 0. The highest BCUT2D eigenvalue weighted by molar-refractivity contribution is 6.45. The van der Waals surface area contributed by atoms with Crippen molar-refractivity contribution in [1.82, 2.24) is 5.23 Å². The highest BCUT2D eigenvalue weighted by atomic mass is 16.2. The number of nitrogens with two attached hydrogens (primary N) is 1. The van der Waals surface area contributed by atoms with Crippen molar-refractivity contribution in [1.29, 1.82) is 0 Å². The molecule has 0 aromatic rings. The van der Waals surface area contributed by atoms with E-state index in [1.165, 1.54) is 25.7 Å². The zero-order valence-corrected chi connectivity index (χ0v) is 8.50. The molecule has 0 aromatic heterocycles. The SMILES string of the molecule is CB(O)NC[C@H]1CCC[C@@H](CN)C1. The van der Waals surface area contributed by atoms with E-state index in [1.807, 2.05) is 0 Å². The highest BCUT2D eigenvalue weighted by Crippen LogP contribution is 2.27. The summed E-state index contributed by atoms with van der Waals surface area (Å²) in [5.41, 5.74) is 5.65. The van der Waals surface area contributed by atoms with E-state index in [1.54, 1.807) is 6.82 Å². The molecule has 3 nitrogen and oxygen atoms in total. The minimum atomic E-state index is -0.377. The Labute approximate surface area is 81.2 Å². The van der Waals surface area contributed by atoms with Gasteiger partial charge in [0, 0.05) is 0 Å². The van der Waals surface area contributed by atoms with Crippen molar-refractivity contribution >= 4 is 7.05 Å². The van der Waals surface area contributed by atoms with Gasteiger partial charge in [0.25, 0.3) is 0 Å². The van der Waals surface area contributed by atoms with Gasteiger partial charge in [0.1, 0.15) is 0 Å². The van der Waals surface area contributed by atoms with E-state index in [2.05, 4.69) is 5.23 Å². The minimum Gasteiger partial charge on any atom is -0.437 e. The van der Waals surface area contributed by atoms with Crippen LogP contribution in [-0.2, 0) is 0 Å². The average molecular weight is 184 g/mol. The maximum atomic E-state index is 9.07. The maximum absolute atomic E-state index is 9.07. The van der Waals surface area contributed by atoms with Crippen molar-refractivity contribution in [2.45, 2.75) is 32.5 Å². The van der Waals surface area contributed by atoms with Gasteiger partial charge in [-0.2, -0.15) is 0 Å². The van der Waals surface area contributed by atoms with Gasteiger partial charge < -0.3 is 16.0 Å². The summed E-state index contributed by atoms with van der Waals surface area (Å²) in [6.07, 6.45) is 5.11. The first kappa shape index (κ1) is 11.0. The molecule has 0 radical (unpaired) electrons. The first-order valence-electron chi connectivity index (χ1n) is 5.34. The van der Waals surface area contributed by atoms with Gasteiger partial charge in [-0.15, -0.1) is 0 Å². The molecule has 2 atom stereocenters. The van der Waals surface area contributed by atoms with Crippen LogP contribution in [0.2, 0.25) is 6.82 Å². The monoisotopic (exact) mass is 184 g/mol. The fourth-order valence-electron chi connectivity index (χ4n) is 2.14. The smallest absolute Gasteiger partial charge is 0.373 e. The second-order valence-corrected chi connectivity index (χ2v) is 4.22. The van der Waals surface area contributed by atoms with E-state index >= 15 is 0 Å². The fraction of sp³-hybridized carbons (Fsp3) is 1.00. The summed E-state index contributed by atoms with van der Waals surface area (Å²) < 4.78 is 0. The molecule has 1 aliphatic rings. The predicted octanol–water partition coefficient (Wildman–Crippen LogP) is 0.451. The van der Waals surface area contributed by atoms with Crippen LogP contribution in [0, 0.1) is 11.8 Å². The molecule has 13 heavy (non-hydrogen) atoms. The zero-order valence-electron chi connectivity index (χ0n) is 8.50. The Morgan fingerprint density at radius 1 is 1.46 bits per heavy atom. The number of hydrogen-bond acceptors (Lipinski definition) is 3. The number of rotatable bonds is 4. The summed E-state index contributed by atoms with van der Waals surface area (Å²) >= 11 is 0. The van der Waals surface area contributed by atoms with Crippen molar-refractivity contribution in [2.24, 2.45) is 17.6 Å². The molecule has 1 saturated carbocycles. The molecule has 0 aromatic carbocycles. The Morgan fingerprint density at radius 2 is 2.15 bits per heavy atom. The van der Waals surface area contributed by atoms with E-state index < -0.39 is 0 Å². The highest BCUT2D eigenvalue weighted by Gasteiger charge is 2.21. The molecule has 4 heteroatoms. The van der Waals surface area contributed by atoms with Crippen LogP contribution in [0.3, 0.4) is 0 Å². The third kappa shape index (κ3) is 4.11. The van der Waals surface area contributed by atoms with Crippen molar-refractivity contribution in [3.63, 3.8) is 0 Å². The van der Waals surface area contributed by atoms with Gasteiger partial charge in [0.15, 0.2) is 0 Å². The Hall–Kier alpha value is -0.0551. The van der Waals surface area contributed by atoms with Gasteiger partial charge >= 0.3 is 7.05 Å². The van der Waals surface area contributed by atoms with Crippen LogP contribution in [0.15, 0.2) is 0 Å². The number of hydrogen-bond donors (Lipinski definition) is 3. The van der Waals surface area contributed by atoms with E-state index in [4.69, 9.17) is 10.8 Å². The van der Waals surface area contributed by atoms with Gasteiger partial charge in [-0.3, -0.25) is 0 Å². The van der Waals surface area contributed by atoms with E-state index in [9.17, 15) is 0 Å². The minimum absolute atomic E-state index is 0.377. The molecule has 0 saturated heterocycles. The lowest BCUT2D eigenvalue weighted by atomic mass is 9.79.